The number of hydrogen-bond acceptors (Lipinski definition) is 8. The molecule has 0 aliphatic rings. The second-order valence-electron chi connectivity index (χ2n) is 4.78. The van der Waals surface area contributed by atoms with Crippen LogP contribution in [-0.2, 0) is 19.2 Å². The number of aliphatic imine (C=N–C) groups is 4. The lowest BCUT2D eigenvalue weighted by Crippen LogP contribution is -1.99. The number of unbranched alkanes of at least 4 members (excludes halogenated alkanes) is 5. The molecule has 0 N–H and O–H groups in total. The molecule has 0 bridgehead atoms. The van der Waals surface area contributed by atoms with Crippen LogP contribution < -0.4 is 0 Å². The maximum absolute atomic E-state index is 9.84. The number of nitrogens with zero attached hydrogens (tertiary/aromatic N) is 4. The van der Waals surface area contributed by atoms with E-state index in [0.29, 0.717) is 19.5 Å². The van der Waals surface area contributed by atoms with E-state index in [1.165, 1.54) is 24.3 Å². The van der Waals surface area contributed by atoms with Crippen molar-refractivity contribution >= 4 is 24.3 Å². The second kappa shape index (κ2) is 22.8. The lowest BCUT2D eigenvalue weighted by molar-refractivity contribution is 0.531. The van der Waals surface area contributed by atoms with Crippen LogP contribution in [0.25, 0.3) is 0 Å². The molecule has 132 valence electrons. The summed E-state index contributed by atoms with van der Waals surface area (Å²) >= 11 is 0. The molecule has 0 spiro atoms. The largest absolute Gasteiger partial charge is 0.237 e. The molecule has 0 saturated carbocycles. The zero-order valence-corrected chi connectivity index (χ0v) is 14.1. The first-order valence-electron chi connectivity index (χ1n) is 7.98. The van der Waals surface area contributed by atoms with Crippen molar-refractivity contribution in [2.75, 3.05) is 13.1 Å². The van der Waals surface area contributed by atoms with Crippen LogP contribution in [-0.4, -0.2) is 43.6 Å². The van der Waals surface area contributed by atoms with Crippen LogP contribution in [0.3, 0.4) is 0 Å². The minimum absolute atomic E-state index is 0.556. The number of carbonyl (C=O) groups excluding carboxylic acids is 4. The first kappa shape index (κ1) is 23.8. The molecule has 24 heavy (non-hydrogen) atoms. The summed E-state index contributed by atoms with van der Waals surface area (Å²) in [5.74, 6) is 0. The summed E-state index contributed by atoms with van der Waals surface area (Å²) in [6.07, 6.45) is 12.7. The average molecular weight is 336 g/mol. The van der Waals surface area contributed by atoms with Crippen molar-refractivity contribution < 1.29 is 19.2 Å². The second-order valence-corrected chi connectivity index (χ2v) is 4.78. The third kappa shape index (κ3) is 21.8. The Morgan fingerprint density at radius 1 is 0.667 bits per heavy atom. The van der Waals surface area contributed by atoms with Crippen molar-refractivity contribution in [2.24, 2.45) is 20.0 Å². The summed E-state index contributed by atoms with van der Waals surface area (Å²) < 4.78 is 0. The van der Waals surface area contributed by atoms with Gasteiger partial charge < -0.3 is 0 Å². The maximum Gasteiger partial charge on any atom is 0.237 e. The van der Waals surface area contributed by atoms with E-state index in [-0.39, 0.29) is 0 Å². The standard InChI is InChI=1S/2C8H12N2O2/c1-2-3-4-5-8(9-6-11)10-7-12;11-7-9-5-3-1-2-4-6-10-8-12/h8H,2-5H2,1H3;1-6H2. The first-order chi connectivity index (χ1) is 11.8. The highest BCUT2D eigenvalue weighted by molar-refractivity contribution is 5.36. The molecule has 0 rings (SSSR count). The number of hydrogen-bond donors (Lipinski definition) is 0. The Kier molecular flexibility index (Phi) is 22.6. The van der Waals surface area contributed by atoms with Crippen molar-refractivity contribution in [3.05, 3.63) is 0 Å². The molecule has 0 aliphatic heterocycles. The Balaban J connectivity index is 0. The van der Waals surface area contributed by atoms with Crippen LogP contribution >= 0.6 is 0 Å². The van der Waals surface area contributed by atoms with E-state index in [4.69, 9.17) is 0 Å². The highest BCUT2D eigenvalue weighted by atomic mass is 16.1. The fourth-order valence-corrected chi connectivity index (χ4v) is 1.68. The lowest BCUT2D eigenvalue weighted by Gasteiger charge is -2.00. The van der Waals surface area contributed by atoms with Crippen LogP contribution in [0, 0.1) is 0 Å². The normalized spacial score (nSPS) is 9.71. The van der Waals surface area contributed by atoms with Gasteiger partial charge in [-0.05, 0) is 25.7 Å². The molecule has 0 aromatic carbocycles. The summed E-state index contributed by atoms with van der Waals surface area (Å²) in [4.78, 5) is 52.5. The lowest BCUT2D eigenvalue weighted by atomic mass is 10.2. The van der Waals surface area contributed by atoms with Crippen LogP contribution in [0.15, 0.2) is 20.0 Å². The molecule has 0 saturated heterocycles. The van der Waals surface area contributed by atoms with Crippen molar-refractivity contribution in [2.45, 2.75) is 64.5 Å². The Morgan fingerprint density at radius 2 is 1.17 bits per heavy atom. The van der Waals surface area contributed by atoms with E-state index in [0.717, 1.165) is 44.9 Å². The summed E-state index contributed by atoms with van der Waals surface area (Å²) in [5.41, 5.74) is 0. The molecule has 8 heteroatoms. The molecule has 0 fully saturated rings. The summed E-state index contributed by atoms with van der Waals surface area (Å²) in [5, 5.41) is 0. The van der Waals surface area contributed by atoms with Crippen molar-refractivity contribution in [1.82, 2.24) is 0 Å². The molecular weight excluding hydrogens is 312 g/mol. The van der Waals surface area contributed by atoms with E-state index >= 15 is 0 Å². The zero-order chi connectivity index (χ0) is 18.3. The van der Waals surface area contributed by atoms with Gasteiger partial charge in [-0.3, -0.25) is 0 Å². The SMILES string of the molecule is CCCCCC(N=C=O)N=C=O.O=C=NCCCCCCN=C=O. The monoisotopic (exact) mass is 336 g/mol. The smallest absolute Gasteiger partial charge is 0.211 e. The molecular formula is C16H24N4O4. The summed E-state index contributed by atoms with van der Waals surface area (Å²) in [6, 6.07) is 0. The van der Waals surface area contributed by atoms with Gasteiger partial charge in [-0.15, -0.1) is 0 Å². The van der Waals surface area contributed by atoms with Gasteiger partial charge in [0.25, 0.3) is 0 Å². The van der Waals surface area contributed by atoms with Gasteiger partial charge in [0, 0.05) is 0 Å². The summed E-state index contributed by atoms with van der Waals surface area (Å²) in [7, 11) is 0. The van der Waals surface area contributed by atoms with Gasteiger partial charge in [0.2, 0.25) is 24.3 Å². The fourth-order valence-electron chi connectivity index (χ4n) is 1.68. The van der Waals surface area contributed by atoms with Gasteiger partial charge in [0.15, 0.2) is 6.17 Å². The average Bonchev–Trinajstić information content (AvgIpc) is 2.58. The van der Waals surface area contributed by atoms with Crippen molar-refractivity contribution in [1.29, 1.82) is 0 Å². The fraction of sp³-hybridized carbons (Fsp3) is 0.750. The molecule has 0 aromatic heterocycles. The topological polar surface area (TPSA) is 118 Å². The van der Waals surface area contributed by atoms with Crippen molar-refractivity contribution in [3.63, 3.8) is 0 Å². The Hall–Kier alpha value is -2.48. The van der Waals surface area contributed by atoms with E-state index < -0.39 is 6.17 Å². The molecule has 0 heterocycles. The van der Waals surface area contributed by atoms with Crippen molar-refractivity contribution in [3.8, 4) is 0 Å². The van der Waals surface area contributed by atoms with Crippen LogP contribution in [0.4, 0.5) is 0 Å². The number of isocyanates is 4. The van der Waals surface area contributed by atoms with Gasteiger partial charge >= 0.3 is 0 Å². The molecule has 0 aromatic rings. The Labute approximate surface area is 141 Å². The molecule has 0 unspecified atom stereocenters. The van der Waals surface area contributed by atoms with Crippen LogP contribution in [0.1, 0.15) is 58.3 Å². The molecule has 0 aliphatic carbocycles. The third-order valence-electron chi connectivity index (χ3n) is 2.89. The molecule has 0 radical (unpaired) electrons. The van der Waals surface area contributed by atoms with Crippen LogP contribution in [0.5, 0.6) is 0 Å². The summed E-state index contributed by atoms with van der Waals surface area (Å²) in [6.45, 7) is 3.18. The maximum atomic E-state index is 9.84. The van der Waals surface area contributed by atoms with Gasteiger partial charge in [0.1, 0.15) is 0 Å². The predicted molar refractivity (Wildman–Crippen MR) is 88.6 cm³/mol. The highest BCUT2D eigenvalue weighted by Crippen LogP contribution is 2.06. The molecule has 8 nitrogen and oxygen atoms in total. The zero-order valence-electron chi connectivity index (χ0n) is 14.1. The first-order valence-corrected chi connectivity index (χ1v) is 7.98. The van der Waals surface area contributed by atoms with E-state index in [9.17, 15) is 19.2 Å². The molecule has 0 atom stereocenters. The third-order valence-corrected chi connectivity index (χ3v) is 2.89. The minimum atomic E-state index is -0.563. The van der Waals surface area contributed by atoms with E-state index in [1.54, 1.807) is 0 Å². The van der Waals surface area contributed by atoms with Gasteiger partial charge in [0.05, 0.1) is 13.1 Å². The van der Waals surface area contributed by atoms with Gasteiger partial charge in [-0.1, -0.05) is 32.6 Å². The highest BCUT2D eigenvalue weighted by Gasteiger charge is 2.02. The van der Waals surface area contributed by atoms with E-state index in [2.05, 4.69) is 26.9 Å². The predicted octanol–water partition coefficient (Wildman–Crippen LogP) is 2.78. The van der Waals surface area contributed by atoms with Gasteiger partial charge in [-0.25, -0.2) is 29.2 Å². The van der Waals surface area contributed by atoms with E-state index in [1.807, 2.05) is 0 Å². The Morgan fingerprint density at radius 3 is 1.54 bits per heavy atom. The quantitative estimate of drug-likeness (QED) is 0.292. The minimum Gasteiger partial charge on any atom is -0.211 e. The van der Waals surface area contributed by atoms with Crippen LogP contribution in [0.2, 0.25) is 0 Å². The van der Waals surface area contributed by atoms with Gasteiger partial charge in [-0.2, -0.15) is 9.98 Å². The molecule has 0 amide bonds. The Bertz CT molecular complexity index is 444. The number of rotatable bonds is 13.